The molecule has 5 atom stereocenters. The molecule has 6 heteroatoms. The second-order valence-electron chi connectivity index (χ2n) is 8.52. The highest BCUT2D eigenvalue weighted by Crippen LogP contribution is 2.58. The van der Waals surface area contributed by atoms with Crippen LogP contribution in [0.2, 0.25) is 0 Å². The lowest BCUT2D eigenvalue weighted by Gasteiger charge is -2.59. The van der Waals surface area contributed by atoms with E-state index >= 15 is 0 Å². The van der Waals surface area contributed by atoms with Crippen molar-refractivity contribution in [3.05, 3.63) is 23.3 Å². The summed E-state index contributed by atoms with van der Waals surface area (Å²) in [7, 11) is 1.55. The fraction of sp³-hybridized carbons (Fsp3) is 0.714. The maximum atomic E-state index is 11.7. The summed E-state index contributed by atoms with van der Waals surface area (Å²) in [5.41, 5.74) is 0.108. The van der Waals surface area contributed by atoms with Gasteiger partial charge in [0.2, 0.25) is 0 Å². The number of benzene rings is 1. The molecule has 2 bridgehead atoms. The molecular formula is C21H31NO5. The third-order valence-electron chi connectivity index (χ3n) is 7.05. The number of aromatic hydroxyl groups is 1. The van der Waals surface area contributed by atoms with Crippen LogP contribution in [0.5, 0.6) is 11.5 Å². The molecule has 1 aliphatic carbocycles. The van der Waals surface area contributed by atoms with E-state index in [1.54, 1.807) is 13.2 Å². The van der Waals surface area contributed by atoms with Gasteiger partial charge in [-0.15, -0.1) is 0 Å². The van der Waals surface area contributed by atoms with Gasteiger partial charge < -0.3 is 29.7 Å². The third-order valence-corrected chi connectivity index (χ3v) is 7.05. The Morgan fingerprint density at radius 1 is 1.37 bits per heavy atom. The van der Waals surface area contributed by atoms with Crippen LogP contribution in [-0.2, 0) is 21.3 Å². The maximum absolute atomic E-state index is 11.7. The van der Waals surface area contributed by atoms with Crippen LogP contribution in [0.3, 0.4) is 0 Å². The zero-order valence-electron chi connectivity index (χ0n) is 16.7. The van der Waals surface area contributed by atoms with Gasteiger partial charge in [0.1, 0.15) is 0 Å². The number of phenols is 1. The van der Waals surface area contributed by atoms with Crippen molar-refractivity contribution in [2.24, 2.45) is 0 Å². The molecular weight excluding hydrogens is 346 g/mol. The standard InChI is InChI=1S/C21H31NO5/c1-5-21(26-11-13(2)27-21)12-20-8-9-22-16(19(20,3)24)10-14-6-7-15(25-4)18(23)17(14)20/h6-7,13,16,22-24H,5,8-12H2,1-4H3. The summed E-state index contributed by atoms with van der Waals surface area (Å²) >= 11 is 0. The number of piperidine rings is 1. The Balaban J connectivity index is 1.90. The molecule has 3 N–H and O–H groups in total. The largest absolute Gasteiger partial charge is 0.504 e. The van der Waals surface area contributed by atoms with Crippen molar-refractivity contribution in [2.45, 2.75) is 75.4 Å². The van der Waals surface area contributed by atoms with Crippen molar-refractivity contribution in [1.29, 1.82) is 0 Å². The lowest BCUT2D eigenvalue weighted by atomic mass is 9.53. The number of hydrogen-bond acceptors (Lipinski definition) is 6. The Kier molecular flexibility index (Phi) is 4.46. The molecule has 0 amide bonds. The average molecular weight is 377 g/mol. The third kappa shape index (κ3) is 2.61. The first-order valence-electron chi connectivity index (χ1n) is 9.95. The van der Waals surface area contributed by atoms with Crippen LogP contribution in [0.15, 0.2) is 12.1 Å². The Morgan fingerprint density at radius 2 is 2.15 bits per heavy atom. The summed E-state index contributed by atoms with van der Waals surface area (Å²) < 4.78 is 17.7. The summed E-state index contributed by atoms with van der Waals surface area (Å²) in [5.74, 6) is -0.184. The van der Waals surface area contributed by atoms with Crippen molar-refractivity contribution in [3.63, 3.8) is 0 Å². The summed E-state index contributed by atoms with van der Waals surface area (Å²) in [6.07, 6.45) is 2.56. The molecule has 2 aliphatic heterocycles. The minimum atomic E-state index is -1.05. The maximum Gasteiger partial charge on any atom is 0.169 e. The zero-order valence-corrected chi connectivity index (χ0v) is 16.7. The van der Waals surface area contributed by atoms with Gasteiger partial charge in [0.25, 0.3) is 0 Å². The van der Waals surface area contributed by atoms with Gasteiger partial charge in [0, 0.05) is 23.4 Å². The molecule has 5 unspecified atom stereocenters. The number of phenolic OH excluding ortho intramolecular Hbond substituents is 1. The molecule has 0 aromatic heterocycles. The lowest BCUT2D eigenvalue weighted by Crippen LogP contribution is -2.70. The van der Waals surface area contributed by atoms with Crippen molar-refractivity contribution in [1.82, 2.24) is 5.32 Å². The molecule has 1 aromatic carbocycles. The van der Waals surface area contributed by atoms with E-state index in [9.17, 15) is 10.2 Å². The van der Waals surface area contributed by atoms with E-state index in [0.717, 1.165) is 17.7 Å². The molecule has 2 saturated heterocycles. The van der Waals surface area contributed by atoms with Crippen LogP contribution in [0.4, 0.5) is 0 Å². The van der Waals surface area contributed by atoms with Gasteiger partial charge in [-0.25, -0.2) is 0 Å². The smallest absolute Gasteiger partial charge is 0.169 e. The minimum absolute atomic E-state index is 0.0192. The lowest BCUT2D eigenvalue weighted by molar-refractivity contribution is -0.209. The van der Waals surface area contributed by atoms with Gasteiger partial charge in [-0.2, -0.15) is 0 Å². The van der Waals surface area contributed by atoms with Crippen LogP contribution < -0.4 is 10.1 Å². The van der Waals surface area contributed by atoms with Crippen LogP contribution in [0.1, 0.15) is 51.2 Å². The van der Waals surface area contributed by atoms with Crippen LogP contribution in [0.25, 0.3) is 0 Å². The second kappa shape index (κ2) is 6.34. The number of aliphatic hydroxyl groups is 1. The predicted octanol–water partition coefficient (Wildman–Crippen LogP) is 2.24. The number of methoxy groups -OCH3 is 1. The molecule has 150 valence electrons. The molecule has 2 fully saturated rings. The Morgan fingerprint density at radius 3 is 2.78 bits per heavy atom. The van der Waals surface area contributed by atoms with E-state index in [1.165, 1.54) is 0 Å². The Bertz CT molecular complexity index is 736. The van der Waals surface area contributed by atoms with Gasteiger partial charge >= 0.3 is 0 Å². The van der Waals surface area contributed by atoms with E-state index in [-0.39, 0.29) is 17.9 Å². The molecule has 3 aliphatic rings. The minimum Gasteiger partial charge on any atom is -0.504 e. The first kappa shape index (κ1) is 19.0. The summed E-state index contributed by atoms with van der Waals surface area (Å²) in [5, 5.41) is 26.3. The Labute approximate surface area is 160 Å². The highest BCUT2D eigenvalue weighted by molar-refractivity contribution is 5.57. The van der Waals surface area contributed by atoms with E-state index in [4.69, 9.17) is 14.2 Å². The fourth-order valence-corrected chi connectivity index (χ4v) is 5.52. The highest BCUT2D eigenvalue weighted by Gasteiger charge is 2.62. The van der Waals surface area contributed by atoms with Gasteiger partial charge in [-0.05, 0) is 51.3 Å². The number of hydrogen-bond donors (Lipinski definition) is 3. The zero-order chi connectivity index (χ0) is 19.4. The van der Waals surface area contributed by atoms with E-state index in [0.29, 0.717) is 38.0 Å². The summed E-state index contributed by atoms with van der Waals surface area (Å²) in [4.78, 5) is 0. The van der Waals surface area contributed by atoms with Crippen molar-refractivity contribution >= 4 is 0 Å². The van der Waals surface area contributed by atoms with Gasteiger partial charge in [-0.3, -0.25) is 0 Å². The first-order chi connectivity index (χ1) is 12.8. The normalized spacial score (nSPS) is 40.6. The topological polar surface area (TPSA) is 80.2 Å². The van der Waals surface area contributed by atoms with Crippen molar-refractivity contribution in [2.75, 3.05) is 20.3 Å². The molecule has 1 aromatic rings. The van der Waals surface area contributed by atoms with Crippen molar-refractivity contribution in [3.8, 4) is 11.5 Å². The average Bonchev–Trinajstić information content (AvgIpc) is 2.98. The second-order valence-corrected chi connectivity index (χ2v) is 8.52. The van der Waals surface area contributed by atoms with E-state index in [1.807, 2.05) is 19.9 Å². The molecule has 6 nitrogen and oxygen atoms in total. The van der Waals surface area contributed by atoms with Crippen molar-refractivity contribution < 1.29 is 24.4 Å². The quantitative estimate of drug-likeness (QED) is 0.747. The molecule has 0 saturated carbocycles. The first-order valence-corrected chi connectivity index (χ1v) is 9.95. The monoisotopic (exact) mass is 377 g/mol. The Hall–Kier alpha value is -1.34. The van der Waals surface area contributed by atoms with Gasteiger partial charge in [-0.1, -0.05) is 13.0 Å². The summed E-state index contributed by atoms with van der Waals surface area (Å²) in [6.45, 7) is 7.26. The fourth-order valence-electron chi connectivity index (χ4n) is 5.52. The van der Waals surface area contributed by atoms with Crippen LogP contribution in [-0.4, -0.2) is 54.0 Å². The molecule has 4 rings (SSSR count). The van der Waals surface area contributed by atoms with Crippen LogP contribution >= 0.6 is 0 Å². The SMILES string of the molecule is CCC1(CC23CCNC(Cc4ccc(OC)c(O)c42)C3(C)O)OCC(C)O1. The number of nitrogens with one attached hydrogen (secondary N) is 1. The number of rotatable bonds is 4. The van der Waals surface area contributed by atoms with E-state index < -0.39 is 16.8 Å². The van der Waals surface area contributed by atoms with Gasteiger partial charge in [0.15, 0.2) is 17.3 Å². The van der Waals surface area contributed by atoms with Gasteiger partial charge in [0.05, 0.1) is 25.4 Å². The molecule has 2 heterocycles. The summed E-state index contributed by atoms with van der Waals surface area (Å²) in [6, 6.07) is 3.73. The van der Waals surface area contributed by atoms with E-state index in [2.05, 4.69) is 12.2 Å². The number of ether oxygens (including phenoxy) is 3. The number of fused-ring (bicyclic) bond motifs is 4. The molecule has 0 spiro atoms. The highest BCUT2D eigenvalue weighted by atomic mass is 16.7. The van der Waals surface area contributed by atoms with Crippen LogP contribution in [0, 0.1) is 0 Å². The molecule has 27 heavy (non-hydrogen) atoms. The molecule has 0 radical (unpaired) electrons. The predicted molar refractivity (Wildman–Crippen MR) is 101 cm³/mol.